The average Bonchev–Trinajstić information content (AvgIpc) is 2.02. The largest absolute Gasteiger partial charge is 1.00 e. The Kier molecular flexibility index (Phi) is 22.2. The predicted octanol–water partition coefficient (Wildman–Crippen LogP) is -2.41. The Morgan fingerprint density at radius 2 is 1.53 bits per heavy atom. The van der Waals surface area contributed by atoms with E-state index in [9.17, 15) is 4.79 Å². The minimum absolute atomic E-state index is 0. The van der Waals surface area contributed by atoms with Gasteiger partial charge in [0.2, 0.25) is 5.91 Å². The van der Waals surface area contributed by atoms with Gasteiger partial charge in [0.1, 0.15) is 0 Å². The second-order valence-electron chi connectivity index (χ2n) is 3.12. The molecule has 4 nitrogen and oxygen atoms in total. The fraction of sp³-hybridized carbons (Fsp3) is 0.800. The van der Waals surface area contributed by atoms with E-state index >= 15 is 0 Å². The molecule has 5 heteroatoms. The van der Waals surface area contributed by atoms with Crippen LogP contribution in [0.25, 0.3) is 0 Å². The first-order chi connectivity index (χ1) is 6.50. The molecule has 15 heavy (non-hydrogen) atoms. The van der Waals surface area contributed by atoms with Crippen LogP contribution in [0.2, 0.25) is 0 Å². The maximum absolute atomic E-state index is 10.3. The molecule has 0 aliphatic heterocycles. The molecule has 0 aliphatic carbocycles. The molecule has 0 spiro atoms. The summed E-state index contributed by atoms with van der Waals surface area (Å²) >= 11 is 0. The molecule has 1 amide bonds. The summed E-state index contributed by atoms with van der Waals surface area (Å²) in [5.74, 6) is -1.25. The molecule has 0 bridgehead atoms. The summed E-state index contributed by atoms with van der Waals surface area (Å²) in [5.41, 5.74) is 4.97. The smallest absolute Gasteiger partial charge is 0.550 e. The van der Waals surface area contributed by atoms with Crippen molar-refractivity contribution in [3.63, 3.8) is 0 Å². The van der Waals surface area contributed by atoms with Gasteiger partial charge in [0.25, 0.3) is 0 Å². The number of carbonyl (C=O) groups excluding carboxylic acids is 2. The van der Waals surface area contributed by atoms with Crippen molar-refractivity contribution in [2.45, 2.75) is 52.4 Å². The summed E-state index contributed by atoms with van der Waals surface area (Å²) in [6.07, 6.45) is 6.44. The summed E-state index contributed by atoms with van der Waals surface area (Å²) in [6, 6.07) is 0. The van der Waals surface area contributed by atoms with Crippen LogP contribution in [0, 0.1) is 0 Å². The number of unbranched alkanes of at least 4 members (excludes halogenated alkanes) is 4. The third kappa shape index (κ3) is 41.3. The van der Waals surface area contributed by atoms with Crippen molar-refractivity contribution in [1.82, 2.24) is 0 Å². The van der Waals surface area contributed by atoms with Crippen LogP contribution in [0.3, 0.4) is 0 Å². The van der Waals surface area contributed by atoms with Crippen molar-refractivity contribution in [3.8, 4) is 0 Å². The van der Waals surface area contributed by atoms with Gasteiger partial charge in [0.15, 0.2) is 0 Å². The van der Waals surface area contributed by atoms with Crippen LogP contribution in [0.5, 0.6) is 0 Å². The number of rotatable bonds is 6. The van der Waals surface area contributed by atoms with Crippen molar-refractivity contribution in [3.05, 3.63) is 0 Å². The molecular formula is C10H20NNaO3. The molecule has 2 N–H and O–H groups in total. The van der Waals surface area contributed by atoms with Crippen molar-refractivity contribution in [1.29, 1.82) is 0 Å². The van der Waals surface area contributed by atoms with E-state index in [1.54, 1.807) is 0 Å². The molecule has 0 heterocycles. The molecule has 0 atom stereocenters. The van der Waals surface area contributed by atoms with Gasteiger partial charge >= 0.3 is 29.6 Å². The topological polar surface area (TPSA) is 83.2 Å². The van der Waals surface area contributed by atoms with E-state index in [1.807, 2.05) is 0 Å². The van der Waals surface area contributed by atoms with Crippen LogP contribution in [0.15, 0.2) is 0 Å². The minimum Gasteiger partial charge on any atom is -0.550 e. The van der Waals surface area contributed by atoms with Gasteiger partial charge in [-0.15, -0.1) is 0 Å². The van der Waals surface area contributed by atoms with E-state index in [0.29, 0.717) is 6.42 Å². The van der Waals surface area contributed by atoms with Crippen molar-refractivity contribution >= 4 is 11.9 Å². The van der Waals surface area contributed by atoms with Crippen LogP contribution < -0.4 is 40.4 Å². The first kappa shape index (κ1) is 20.4. The van der Waals surface area contributed by atoms with E-state index in [2.05, 4.69) is 6.92 Å². The fourth-order valence-corrected chi connectivity index (χ4v) is 0.903. The molecule has 0 saturated heterocycles. The van der Waals surface area contributed by atoms with Crippen LogP contribution in [0.4, 0.5) is 0 Å². The Bertz CT molecular complexity index is 159. The quantitative estimate of drug-likeness (QED) is 0.404. The molecule has 0 aromatic rings. The summed E-state index contributed by atoms with van der Waals surface area (Å²) in [4.78, 5) is 19.1. The zero-order valence-electron chi connectivity index (χ0n) is 10.0. The maximum atomic E-state index is 10.3. The Labute approximate surface area is 114 Å². The Hall–Kier alpha value is -0.0600. The molecule has 0 rings (SSSR count). The van der Waals surface area contributed by atoms with Crippen molar-refractivity contribution < 1.29 is 44.3 Å². The third-order valence-corrected chi connectivity index (χ3v) is 1.53. The average molecular weight is 225 g/mol. The van der Waals surface area contributed by atoms with Crippen molar-refractivity contribution in [2.24, 2.45) is 5.73 Å². The molecule has 84 valence electrons. The van der Waals surface area contributed by atoms with Gasteiger partial charge in [0.05, 0.1) is 0 Å². The van der Waals surface area contributed by atoms with Crippen LogP contribution >= 0.6 is 0 Å². The number of carboxylic acids is 1. The maximum Gasteiger partial charge on any atom is 1.00 e. The molecule has 0 aromatic heterocycles. The molecule has 0 fully saturated rings. The predicted molar refractivity (Wildman–Crippen MR) is 53.3 cm³/mol. The molecule has 0 aromatic carbocycles. The van der Waals surface area contributed by atoms with Gasteiger partial charge in [-0.25, -0.2) is 0 Å². The molecule has 0 aliphatic rings. The summed E-state index contributed by atoms with van der Waals surface area (Å²) in [7, 11) is 0. The van der Waals surface area contributed by atoms with Gasteiger partial charge < -0.3 is 15.6 Å². The molecule has 0 saturated carbocycles. The second-order valence-corrected chi connectivity index (χ2v) is 3.12. The van der Waals surface area contributed by atoms with Crippen LogP contribution in [-0.2, 0) is 9.59 Å². The molecule has 0 unspecified atom stereocenters. The summed E-state index contributed by atoms with van der Waals surface area (Å²) < 4.78 is 0. The van der Waals surface area contributed by atoms with Crippen LogP contribution in [0.1, 0.15) is 52.4 Å². The van der Waals surface area contributed by atoms with Gasteiger partial charge in [0, 0.05) is 12.4 Å². The molecular weight excluding hydrogens is 205 g/mol. The first-order valence-corrected chi connectivity index (χ1v) is 4.96. The Balaban J connectivity index is -0.000000249. The Morgan fingerprint density at radius 1 is 1.13 bits per heavy atom. The van der Waals surface area contributed by atoms with E-state index in [0.717, 1.165) is 19.8 Å². The SMILES string of the molecule is CC(=O)[O-].CCCCCCCC(N)=O.[Na+]. The van der Waals surface area contributed by atoms with Gasteiger partial charge in [-0.1, -0.05) is 32.6 Å². The first-order valence-electron chi connectivity index (χ1n) is 4.96. The van der Waals surface area contributed by atoms with Gasteiger partial charge in [-0.05, 0) is 13.3 Å². The van der Waals surface area contributed by atoms with Gasteiger partial charge in [-0.3, -0.25) is 4.79 Å². The summed E-state index contributed by atoms with van der Waals surface area (Å²) in [5, 5.41) is 8.89. The number of amides is 1. The number of aliphatic carboxylic acids is 1. The van der Waals surface area contributed by atoms with Crippen LogP contribution in [-0.4, -0.2) is 11.9 Å². The monoisotopic (exact) mass is 225 g/mol. The van der Waals surface area contributed by atoms with E-state index in [4.69, 9.17) is 15.6 Å². The number of hydrogen-bond donors (Lipinski definition) is 1. The number of nitrogens with two attached hydrogens (primary N) is 1. The minimum atomic E-state index is -1.08. The standard InChI is InChI=1S/C8H17NO.C2H4O2.Na/c1-2-3-4-5-6-7-8(9)10;1-2(3)4;/h2-7H2,1H3,(H2,9,10);1H3,(H,3,4);/q;;+1/p-1. The molecule has 0 radical (unpaired) electrons. The van der Waals surface area contributed by atoms with E-state index < -0.39 is 5.97 Å². The second kappa shape index (κ2) is 16.4. The normalized spacial score (nSPS) is 8.13. The zero-order chi connectivity index (χ0) is 11.4. The van der Waals surface area contributed by atoms with E-state index in [-0.39, 0.29) is 35.5 Å². The fourth-order valence-electron chi connectivity index (χ4n) is 0.903. The number of hydrogen-bond acceptors (Lipinski definition) is 3. The Morgan fingerprint density at radius 3 is 1.87 bits per heavy atom. The van der Waals surface area contributed by atoms with Crippen molar-refractivity contribution in [2.75, 3.05) is 0 Å². The zero-order valence-corrected chi connectivity index (χ0v) is 12.0. The van der Waals surface area contributed by atoms with Gasteiger partial charge in [-0.2, -0.15) is 0 Å². The van der Waals surface area contributed by atoms with E-state index in [1.165, 1.54) is 19.3 Å². The summed E-state index contributed by atoms with van der Waals surface area (Å²) in [6.45, 7) is 3.15. The number of primary amides is 1. The number of carboxylic acid groups (broad SMARTS) is 1. The number of carbonyl (C=O) groups is 2. The third-order valence-electron chi connectivity index (χ3n) is 1.53.